The van der Waals surface area contributed by atoms with Crippen LogP contribution in [-0.4, -0.2) is 17.3 Å². The number of alkyl halides is 5. The monoisotopic (exact) mass is 299 g/mol. The van der Waals surface area contributed by atoms with Crippen LogP contribution in [-0.2, 0) is 11.0 Å². The molecule has 1 aromatic rings. The summed E-state index contributed by atoms with van der Waals surface area (Å²) in [7, 11) is 0. The maximum Gasteiger partial charge on any atom is 0.416 e. The summed E-state index contributed by atoms with van der Waals surface area (Å²) < 4.78 is 61.6. The minimum Gasteiger partial charge on any atom is -0.391 e. The number of carbonyl (C=O) groups is 1. The van der Waals surface area contributed by atoms with E-state index in [1.165, 1.54) is 5.32 Å². The van der Waals surface area contributed by atoms with Crippen molar-refractivity contribution in [3.8, 4) is 0 Å². The number of halogens is 5. The topological polar surface area (TPSA) is 98.3 Å². The molecule has 1 rings (SSSR count). The number of nitro groups is 1. The van der Waals surface area contributed by atoms with Crippen molar-refractivity contribution in [1.29, 1.82) is 0 Å². The highest BCUT2D eigenvalue weighted by molar-refractivity contribution is 5.97. The first-order valence-electron chi connectivity index (χ1n) is 4.78. The van der Waals surface area contributed by atoms with Crippen molar-refractivity contribution in [3.63, 3.8) is 0 Å². The van der Waals surface area contributed by atoms with Crippen LogP contribution in [0.15, 0.2) is 12.1 Å². The Morgan fingerprint density at radius 2 is 1.90 bits per heavy atom. The molecule has 0 saturated heterocycles. The SMILES string of the molecule is Nc1c(NC(=O)C(F)F)cc(C(F)(F)F)cc1[N+](=O)[O-]. The van der Waals surface area contributed by atoms with E-state index in [1.807, 2.05) is 0 Å². The van der Waals surface area contributed by atoms with Gasteiger partial charge in [0.2, 0.25) is 0 Å². The molecule has 3 N–H and O–H groups in total. The number of anilines is 2. The molecule has 0 heterocycles. The van der Waals surface area contributed by atoms with Crippen molar-refractivity contribution in [2.45, 2.75) is 12.6 Å². The van der Waals surface area contributed by atoms with E-state index >= 15 is 0 Å². The molecule has 0 atom stereocenters. The quantitative estimate of drug-likeness (QED) is 0.387. The predicted octanol–water partition coefficient (Wildman–Crippen LogP) is 2.40. The van der Waals surface area contributed by atoms with Crippen LogP contribution >= 0.6 is 0 Å². The molecule has 0 saturated carbocycles. The van der Waals surface area contributed by atoms with Gasteiger partial charge in [-0.1, -0.05) is 0 Å². The van der Waals surface area contributed by atoms with E-state index in [0.717, 1.165) is 0 Å². The number of rotatable bonds is 3. The van der Waals surface area contributed by atoms with Crippen LogP contribution in [0.25, 0.3) is 0 Å². The summed E-state index contributed by atoms with van der Waals surface area (Å²) in [5.74, 6) is -1.93. The molecule has 0 aromatic heterocycles. The highest BCUT2D eigenvalue weighted by Gasteiger charge is 2.34. The molecule has 0 aliphatic carbocycles. The number of amides is 1. The Kier molecular flexibility index (Phi) is 4.11. The molecular formula is C9H6F5N3O3. The third kappa shape index (κ3) is 3.30. The maximum atomic E-state index is 12.5. The first kappa shape index (κ1) is 15.6. The van der Waals surface area contributed by atoms with Gasteiger partial charge in [0.05, 0.1) is 16.2 Å². The number of nitrogens with zero attached hydrogens (tertiary/aromatic N) is 1. The fourth-order valence-electron chi connectivity index (χ4n) is 1.24. The zero-order valence-corrected chi connectivity index (χ0v) is 9.37. The first-order chi connectivity index (χ1) is 9.04. The lowest BCUT2D eigenvalue weighted by Gasteiger charge is -2.12. The van der Waals surface area contributed by atoms with E-state index in [2.05, 4.69) is 0 Å². The molecule has 1 aromatic carbocycles. The number of nitrogens with one attached hydrogen (secondary N) is 1. The molecule has 0 aliphatic heterocycles. The average molecular weight is 299 g/mol. The minimum absolute atomic E-state index is 0.146. The summed E-state index contributed by atoms with van der Waals surface area (Å²) in [6.45, 7) is 0. The van der Waals surface area contributed by atoms with Crippen molar-refractivity contribution in [1.82, 2.24) is 0 Å². The molecule has 0 aliphatic rings. The van der Waals surface area contributed by atoms with E-state index in [-0.39, 0.29) is 12.1 Å². The van der Waals surface area contributed by atoms with Gasteiger partial charge in [-0.2, -0.15) is 22.0 Å². The molecule has 20 heavy (non-hydrogen) atoms. The second-order valence-corrected chi connectivity index (χ2v) is 3.50. The number of benzene rings is 1. The molecule has 110 valence electrons. The van der Waals surface area contributed by atoms with E-state index in [1.54, 1.807) is 0 Å². The van der Waals surface area contributed by atoms with Crippen LogP contribution in [0.4, 0.5) is 39.0 Å². The van der Waals surface area contributed by atoms with Crippen LogP contribution in [0.5, 0.6) is 0 Å². The third-order valence-electron chi connectivity index (χ3n) is 2.14. The molecule has 6 nitrogen and oxygen atoms in total. The van der Waals surface area contributed by atoms with Gasteiger partial charge in [0, 0.05) is 6.07 Å². The zero-order valence-electron chi connectivity index (χ0n) is 9.37. The predicted molar refractivity (Wildman–Crippen MR) is 57.1 cm³/mol. The second kappa shape index (κ2) is 5.27. The maximum absolute atomic E-state index is 12.5. The van der Waals surface area contributed by atoms with Gasteiger partial charge < -0.3 is 11.1 Å². The van der Waals surface area contributed by atoms with Crippen molar-refractivity contribution in [3.05, 3.63) is 27.8 Å². The van der Waals surface area contributed by atoms with E-state index in [0.29, 0.717) is 0 Å². The number of nitrogen functional groups attached to an aromatic ring is 1. The van der Waals surface area contributed by atoms with Crippen molar-refractivity contribution < 1.29 is 31.7 Å². The van der Waals surface area contributed by atoms with Crippen LogP contribution in [0.3, 0.4) is 0 Å². The molecule has 0 spiro atoms. The lowest BCUT2D eigenvalue weighted by molar-refractivity contribution is -0.384. The Hall–Kier alpha value is -2.46. The van der Waals surface area contributed by atoms with Crippen LogP contribution in [0, 0.1) is 10.1 Å². The standard InChI is InChI=1S/C9H6F5N3O3/c10-7(11)8(18)16-4-1-3(9(12,13)14)2-5(6(4)15)17(19)20/h1-2,7H,15H2,(H,16,18). The molecule has 1 amide bonds. The Bertz CT molecular complexity index is 558. The van der Waals surface area contributed by atoms with Gasteiger partial charge >= 0.3 is 12.6 Å². The largest absolute Gasteiger partial charge is 0.416 e. The fourth-order valence-corrected chi connectivity index (χ4v) is 1.24. The number of hydrogen-bond donors (Lipinski definition) is 2. The summed E-state index contributed by atoms with van der Waals surface area (Å²) in [6.07, 6.45) is -8.48. The van der Waals surface area contributed by atoms with Gasteiger partial charge in [0.15, 0.2) is 0 Å². The third-order valence-corrected chi connectivity index (χ3v) is 2.14. The highest BCUT2D eigenvalue weighted by atomic mass is 19.4. The Balaban J connectivity index is 3.39. The van der Waals surface area contributed by atoms with Crippen molar-refractivity contribution in [2.24, 2.45) is 0 Å². The zero-order chi connectivity index (χ0) is 15.7. The van der Waals surface area contributed by atoms with E-state index in [9.17, 15) is 36.9 Å². The van der Waals surface area contributed by atoms with Gasteiger partial charge in [-0.3, -0.25) is 14.9 Å². The average Bonchev–Trinajstić information content (AvgIpc) is 2.29. The Labute approximate surface area is 107 Å². The Morgan fingerprint density at radius 3 is 2.30 bits per heavy atom. The van der Waals surface area contributed by atoms with Crippen LogP contribution in [0.2, 0.25) is 0 Å². The summed E-state index contributed by atoms with van der Waals surface area (Å²) in [6, 6.07) is 0.385. The molecule has 11 heteroatoms. The van der Waals surface area contributed by atoms with Crippen LogP contribution < -0.4 is 11.1 Å². The summed E-state index contributed by atoms with van der Waals surface area (Å²) >= 11 is 0. The summed E-state index contributed by atoms with van der Waals surface area (Å²) in [5, 5.41) is 12.0. The lowest BCUT2D eigenvalue weighted by Crippen LogP contribution is -2.21. The normalized spacial score (nSPS) is 11.5. The van der Waals surface area contributed by atoms with E-state index < -0.39 is 46.1 Å². The number of carbonyl (C=O) groups excluding carboxylic acids is 1. The first-order valence-corrected chi connectivity index (χ1v) is 4.78. The molecule has 0 fully saturated rings. The van der Waals surface area contributed by atoms with Gasteiger partial charge in [-0.15, -0.1) is 0 Å². The lowest BCUT2D eigenvalue weighted by atomic mass is 10.1. The number of nitrogens with two attached hydrogens (primary N) is 1. The molecular weight excluding hydrogens is 293 g/mol. The van der Waals surface area contributed by atoms with Crippen molar-refractivity contribution >= 4 is 23.0 Å². The number of hydrogen-bond acceptors (Lipinski definition) is 4. The summed E-state index contributed by atoms with van der Waals surface area (Å²) in [5.41, 5.74) is 0.775. The fraction of sp³-hybridized carbons (Fsp3) is 0.222. The van der Waals surface area contributed by atoms with Gasteiger partial charge in [-0.25, -0.2) is 0 Å². The van der Waals surface area contributed by atoms with E-state index in [4.69, 9.17) is 5.73 Å². The summed E-state index contributed by atoms with van der Waals surface area (Å²) in [4.78, 5) is 20.1. The second-order valence-electron chi connectivity index (χ2n) is 3.50. The smallest absolute Gasteiger partial charge is 0.391 e. The van der Waals surface area contributed by atoms with Crippen molar-refractivity contribution in [2.75, 3.05) is 11.1 Å². The molecule has 0 bridgehead atoms. The van der Waals surface area contributed by atoms with Gasteiger partial charge in [-0.05, 0) is 6.07 Å². The Morgan fingerprint density at radius 1 is 1.35 bits per heavy atom. The van der Waals surface area contributed by atoms with Gasteiger partial charge in [0.25, 0.3) is 11.6 Å². The van der Waals surface area contributed by atoms with Gasteiger partial charge in [0.1, 0.15) is 5.69 Å². The molecule has 0 radical (unpaired) electrons. The number of nitro benzene ring substituents is 1. The van der Waals surface area contributed by atoms with Crippen LogP contribution in [0.1, 0.15) is 5.56 Å². The minimum atomic E-state index is -4.97. The molecule has 0 unspecified atom stereocenters. The highest BCUT2D eigenvalue weighted by Crippen LogP contribution is 2.38.